The molecule has 4 nitrogen and oxygen atoms in total. The van der Waals surface area contributed by atoms with Gasteiger partial charge in [-0.3, -0.25) is 0 Å². The molecule has 0 fully saturated rings. The number of hydrogen-bond donors (Lipinski definition) is 0. The zero-order valence-electron chi connectivity index (χ0n) is 23.5. The molecule has 0 aromatic rings. The van der Waals surface area contributed by atoms with Gasteiger partial charge in [-0.25, -0.2) is 0 Å². The Morgan fingerprint density at radius 2 is 0.743 bits per heavy atom. The Kier molecular flexibility index (Phi) is 29.7. The molecule has 0 saturated heterocycles. The van der Waals surface area contributed by atoms with Gasteiger partial charge in [-0.05, 0) is 0 Å². The molecular formula is C30H58O4Sn+2. The third-order valence-electron chi connectivity index (χ3n) is 6.53. The van der Waals surface area contributed by atoms with E-state index in [-0.39, 0.29) is 11.9 Å². The third-order valence-corrected chi connectivity index (χ3v) is 9.98. The van der Waals surface area contributed by atoms with Crippen molar-refractivity contribution in [1.29, 1.82) is 0 Å². The van der Waals surface area contributed by atoms with Gasteiger partial charge in [-0.15, -0.1) is 0 Å². The molecule has 35 heavy (non-hydrogen) atoms. The van der Waals surface area contributed by atoms with Crippen molar-refractivity contribution in [2.24, 2.45) is 0 Å². The van der Waals surface area contributed by atoms with Gasteiger partial charge in [-0.1, -0.05) is 52.4 Å². The average molecular weight is 602 g/mol. The normalized spacial score (nSPS) is 10.8. The summed E-state index contributed by atoms with van der Waals surface area (Å²) in [4.78, 5) is 23.7. The average Bonchev–Trinajstić information content (AvgIpc) is 2.85. The minimum atomic E-state index is -0.658. The second-order valence-corrected chi connectivity index (χ2v) is 14.3. The first-order valence-electron chi connectivity index (χ1n) is 15.2. The number of carbonyl (C=O) groups is 2. The molecule has 0 atom stereocenters. The van der Waals surface area contributed by atoms with Crippen molar-refractivity contribution in [1.82, 2.24) is 0 Å². The van der Waals surface area contributed by atoms with Crippen LogP contribution in [0.2, 0.25) is 8.87 Å². The van der Waals surface area contributed by atoms with E-state index in [9.17, 15) is 9.59 Å². The first-order chi connectivity index (χ1) is 17.2. The van der Waals surface area contributed by atoms with E-state index in [1.165, 1.54) is 116 Å². The van der Waals surface area contributed by atoms with Gasteiger partial charge in [0.05, 0.1) is 0 Å². The quantitative estimate of drug-likeness (QED) is 0.0510. The minimum absolute atomic E-state index is 0.0506. The van der Waals surface area contributed by atoms with Crippen LogP contribution in [0.1, 0.15) is 155 Å². The molecule has 0 heterocycles. The van der Waals surface area contributed by atoms with E-state index < -0.39 is 21.1 Å². The number of ether oxygens (including phenoxy) is 2. The van der Waals surface area contributed by atoms with Crippen LogP contribution >= 0.6 is 0 Å². The Bertz CT molecular complexity index is 416. The van der Waals surface area contributed by atoms with Crippen LogP contribution in [0.25, 0.3) is 0 Å². The molecule has 0 aliphatic heterocycles. The molecular weight excluding hydrogens is 543 g/mol. The van der Waals surface area contributed by atoms with Crippen LogP contribution in [0.5, 0.6) is 0 Å². The first kappa shape index (κ1) is 34.7. The molecule has 0 radical (unpaired) electrons. The molecule has 0 aliphatic rings. The zero-order valence-corrected chi connectivity index (χ0v) is 26.4. The topological polar surface area (TPSA) is 52.6 Å². The Morgan fingerprint density at radius 1 is 0.457 bits per heavy atom. The van der Waals surface area contributed by atoms with Crippen molar-refractivity contribution >= 4 is 33.1 Å². The van der Waals surface area contributed by atoms with Gasteiger partial charge in [-0.2, -0.15) is 0 Å². The monoisotopic (exact) mass is 602 g/mol. The maximum absolute atomic E-state index is 11.8. The molecule has 0 aliphatic carbocycles. The summed E-state index contributed by atoms with van der Waals surface area (Å²) in [6.45, 7) is 5.67. The van der Waals surface area contributed by atoms with E-state index in [2.05, 4.69) is 13.8 Å². The minimum Gasteiger partial charge on any atom is -0.0654 e. The Labute approximate surface area is 228 Å². The smallest absolute Gasteiger partial charge is 0.0654 e. The number of hydrogen-bond acceptors (Lipinski definition) is 4. The van der Waals surface area contributed by atoms with Crippen LogP contribution in [0.15, 0.2) is 0 Å². The fourth-order valence-electron chi connectivity index (χ4n) is 4.20. The van der Waals surface area contributed by atoms with Gasteiger partial charge in [0.15, 0.2) is 0 Å². The van der Waals surface area contributed by atoms with Gasteiger partial charge >= 0.3 is 177 Å². The summed E-state index contributed by atoms with van der Waals surface area (Å²) in [5.74, 6) is -0.101. The van der Waals surface area contributed by atoms with Gasteiger partial charge < -0.3 is 0 Å². The Hall–Kier alpha value is -0.261. The third kappa shape index (κ3) is 29.9. The molecule has 0 bridgehead atoms. The predicted octanol–water partition coefficient (Wildman–Crippen LogP) is 9.24. The van der Waals surface area contributed by atoms with Crippen molar-refractivity contribution in [2.75, 3.05) is 13.2 Å². The van der Waals surface area contributed by atoms with E-state index in [0.717, 1.165) is 21.7 Å². The van der Waals surface area contributed by atoms with E-state index in [1.807, 2.05) is 0 Å². The summed E-state index contributed by atoms with van der Waals surface area (Å²) < 4.78 is 12.6. The van der Waals surface area contributed by atoms with Gasteiger partial charge in [0, 0.05) is 0 Å². The zero-order chi connectivity index (χ0) is 25.7. The van der Waals surface area contributed by atoms with Crippen molar-refractivity contribution in [3.8, 4) is 0 Å². The fraction of sp³-hybridized carbons (Fsp3) is 0.933. The molecule has 0 aromatic heterocycles. The molecule has 0 N–H and O–H groups in total. The fourth-order valence-corrected chi connectivity index (χ4v) is 7.09. The summed E-state index contributed by atoms with van der Waals surface area (Å²) in [7, 11) is 0. The maximum atomic E-state index is 11.8. The number of unbranched alkanes of at least 4 members (excludes halogenated alkanes) is 18. The Morgan fingerprint density at radius 3 is 1.06 bits per heavy atom. The van der Waals surface area contributed by atoms with Gasteiger partial charge in [0.2, 0.25) is 0 Å². The summed E-state index contributed by atoms with van der Waals surface area (Å²) >= 11 is -0.658. The van der Waals surface area contributed by atoms with Crippen LogP contribution in [0, 0.1) is 0 Å². The van der Waals surface area contributed by atoms with E-state index in [4.69, 9.17) is 9.47 Å². The Balaban J connectivity index is 3.27. The number of rotatable bonds is 28. The number of carbonyl (C=O) groups excluding carboxylic acids is 2. The molecule has 5 heteroatoms. The van der Waals surface area contributed by atoms with Crippen molar-refractivity contribution in [3.05, 3.63) is 0 Å². The summed E-state index contributed by atoms with van der Waals surface area (Å²) in [5, 5.41) is 0. The van der Waals surface area contributed by atoms with Crippen LogP contribution in [0.3, 0.4) is 0 Å². The van der Waals surface area contributed by atoms with Gasteiger partial charge in [0.25, 0.3) is 0 Å². The standard InChI is InChI=1S/2C15H29O2.Sn/c2*1-3-5-6-7-8-9-10-11-12-13-14-17-15(16)4-2;/h2*2-14H2,1H3;/q;;+2. The van der Waals surface area contributed by atoms with Crippen LogP contribution < -0.4 is 0 Å². The molecule has 0 spiro atoms. The van der Waals surface area contributed by atoms with Gasteiger partial charge in [0.1, 0.15) is 0 Å². The second kappa shape index (κ2) is 30.0. The van der Waals surface area contributed by atoms with Crippen LogP contribution in [-0.4, -0.2) is 46.3 Å². The molecule has 204 valence electrons. The summed E-state index contributed by atoms with van der Waals surface area (Å²) in [6.07, 6.45) is 26.9. The van der Waals surface area contributed by atoms with E-state index in [0.29, 0.717) is 26.1 Å². The molecule has 0 aromatic carbocycles. The first-order valence-corrected chi connectivity index (χ1v) is 19.3. The molecule has 0 rings (SSSR count). The van der Waals surface area contributed by atoms with Crippen molar-refractivity contribution in [2.45, 2.75) is 164 Å². The van der Waals surface area contributed by atoms with E-state index >= 15 is 0 Å². The number of esters is 2. The van der Waals surface area contributed by atoms with Crippen molar-refractivity contribution < 1.29 is 19.1 Å². The van der Waals surface area contributed by atoms with Crippen LogP contribution in [-0.2, 0) is 19.1 Å². The predicted molar refractivity (Wildman–Crippen MR) is 150 cm³/mol. The van der Waals surface area contributed by atoms with Crippen molar-refractivity contribution in [3.63, 3.8) is 0 Å². The van der Waals surface area contributed by atoms with E-state index in [1.54, 1.807) is 0 Å². The van der Waals surface area contributed by atoms with Crippen LogP contribution in [0.4, 0.5) is 0 Å². The molecule has 0 amide bonds. The summed E-state index contributed by atoms with van der Waals surface area (Å²) in [6, 6.07) is 0. The summed E-state index contributed by atoms with van der Waals surface area (Å²) in [5.41, 5.74) is 0. The SMILES string of the molecule is CCCCCCCCCCCCOC(=O)C[CH2][Sn+2][CH2]CC(=O)OCCCCCCCCCCCC. The molecule has 0 saturated carbocycles. The molecule has 0 unspecified atom stereocenters. The second-order valence-electron chi connectivity index (χ2n) is 10.1.